The quantitative estimate of drug-likeness (QED) is 0.344. The highest BCUT2D eigenvalue weighted by atomic mass is 19.1. The lowest BCUT2D eigenvalue weighted by Gasteiger charge is -1.87. The molecule has 0 rings (SSSR count). The maximum Gasteiger partial charge on any atom is 0.303 e. The van der Waals surface area contributed by atoms with E-state index >= 15 is 0 Å². The fraction of sp³-hybridized carbons (Fsp3) is 0.409. The maximum atomic E-state index is 11.8. The number of aliphatic carboxylic acids is 1. The summed E-state index contributed by atoms with van der Waals surface area (Å²) in [5.74, 6) is -0.752. The molecular formula is C22H31FO2. The third-order valence-electron chi connectivity index (χ3n) is 3.16. The van der Waals surface area contributed by atoms with Crippen molar-refractivity contribution in [3.63, 3.8) is 0 Å². The first-order valence-electron chi connectivity index (χ1n) is 8.95. The molecule has 0 heterocycles. The van der Waals surface area contributed by atoms with Crippen LogP contribution in [0.25, 0.3) is 0 Å². The molecular weight excluding hydrogens is 315 g/mol. The number of halogens is 1. The van der Waals surface area contributed by atoms with Crippen LogP contribution in [0.2, 0.25) is 0 Å². The van der Waals surface area contributed by atoms with E-state index in [1.807, 2.05) is 24.3 Å². The zero-order valence-corrected chi connectivity index (χ0v) is 15.0. The minimum Gasteiger partial charge on any atom is -0.481 e. The first-order chi connectivity index (χ1) is 12.3. The molecule has 0 aromatic rings. The number of carbonyl (C=O) groups is 1. The van der Waals surface area contributed by atoms with Crippen molar-refractivity contribution in [1.82, 2.24) is 0 Å². The Hall–Kier alpha value is -2.16. The summed E-state index contributed by atoms with van der Waals surface area (Å²) in [5, 5.41) is 8.49. The van der Waals surface area contributed by atoms with E-state index in [-0.39, 0.29) is 13.1 Å². The van der Waals surface area contributed by atoms with Crippen molar-refractivity contribution in [2.45, 2.75) is 51.4 Å². The highest BCUT2D eigenvalue weighted by Gasteiger charge is 1.90. The van der Waals surface area contributed by atoms with Crippen LogP contribution in [0.4, 0.5) is 4.39 Å². The highest BCUT2D eigenvalue weighted by Crippen LogP contribution is 1.97. The second kappa shape index (κ2) is 19.9. The summed E-state index contributed by atoms with van der Waals surface area (Å²) < 4.78 is 11.8. The molecule has 138 valence electrons. The Bertz CT molecular complexity index is 482. The average Bonchev–Trinajstić information content (AvgIpc) is 2.60. The van der Waals surface area contributed by atoms with Crippen LogP contribution in [0, 0.1) is 0 Å². The van der Waals surface area contributed by atoms with Crippen molar-refractivity contribution in [1.29, 1.82) is 0 Å². The van der Waals surface area contributed by atoms with Gasteiger partial charge < -0.3 is 5.11 Å². The molecule has 0 spiro atoms. The Balaban J connectivity index is 3.51. The zero-order valence-electron chi connectivity index (χ0n) is 15.0. The molecule has 3 heteroatoms. The molecule has 0 saturated carbocycles. The first-order valence-corrected chi connectivity index (χ1v) is 8.95. The number of carboxylic acids is 1. The van der Waals surface area contributed by atoms with Gasteiger partial charge in [-0.2, -0.15) is 0 Å². The number of allylic oxidation sites excluding steroid dienone is 12. The van der Waals surface area contributed by atoms with Gasteiger partial charge >= 0.3 is 5.97 Å². The van der Waals surface area contributed by atoms with Crippen molar-refractivity contribution in [3.05, 3.63) is 72.9 Å². The third-order valence-corrected chi connectivity index (χ3v) is 3.16. The molecule has 2 nitrogen and oxygen atoms in total. The van der Waals surface area contributed by atoms with E-state index < -0.39 is 5.97 Å². The molecule has 0 unspecified atom stereocenters. The predicted octanol–water partition coefficient (Wildman–Crippen LogP) is 6.50. The normalized spacial score (nSPS) is 13.0. The minimum absolute atomic E-state index is 0.198. The smallest absolute Gasteiger partial charge is 0.303 e. The molecule has 0 atom stereocenters. The van der Waals surface area contributed by atoms with Gasteiger partial charge in [-0.15, -0.1) is 0 Å². The summed E-state index contributed by atoms with van der Waals surface area (Å²) >= 11 is 0. The Kier molecular flexibility index (Phi) is 18.2. The van der Waals surface area contributed by atoms with E-state index in [2.05, 4.69) is 48.6 Å². The molecule has 0 radical (unpaired) electrons. The highest BCUT2D eigenvalue weighted by molar-refractivity contribution is 5.66. The van der Waals surface area contributed by atoms with Crippen LogP contribution < -0.4 is 0 Å². The van der Waals surface area contributed by atoms with Crippen molar-refractivity contribution in [2.75, 3.05) is 6.67 Å². The molecule has 0 bridgehead atoms. The molecule has 0 aromatic heterocycles. The lowest BCUT2D eigenvalue weighted by molar-refractivity contribution is -0.136. The van der Waals surface area contributed by atoms with E-state index in [1.54, 1.807) is 0 Å². The Morgan fingerprint density at radius 2 is 0.920 bits per heavy atom. The van der Waals surface area contributed by atoms with E-state index in [9.17, 15) is 9.18 Å². The van der Waals surface area contributed by atoms with Crippen molar-refractivity contribution >= 4 is 5.97 Å². The van der Waals surface area contributed by atoms with Gasteiger partial charge in [-0.3, -0.25) is 9.18 Å². The summed E-state index contributed by atoms with van der Waals surface area (Å²) in [6, 6.07) is 0. The van der Waals surface area contributed by atoms with Gasteiger partial charge in [0.15, 0.2) is 0 Å². The van der Waals surface area contributed by atoms with E-state index in [0.717, 1.165) is 32.1 Å². The van der Waals surface area contributed by atoms with Gasteiger partial charge in [-0.05, 0) is 44.9 Å². The molecule has 0 saturated heterocycles. The zero-order chi connectivity index (χ0) is 18.4. The summed E-state index contributed by atoms with van der Waals surface area (Å²) in [4.78, 5) is 10.3. The first kappa shape index (κ1) is 22.8. The molecule has 0 fully saturated rings. The third kappa shape index (κ3) is 21.8. The second-order valence-corrected chi connectivity index (χ2v) is 5.42. The van der Waals surface area contributed by atoms with Crippen LogP contribution in [0.5, 0.6) is 0 Å². The number of hydrogen-bond acceptors (Lipinski definition) is 1. The largest absolute Gasteiger partial charge is 0.481 e. The van der Waals surface area contributed by atoms with Crippen LogP contribution in [0.3, 0.4) is 0 Å². The molecule has 0 aromatic carbocycles. The van der Waals surface area contributed by atoms with Gasteiger partial charge in [-0.1, -0.05) is 72.9 Å². The fourth-order valence-electron chi connectivity index (χ4n) is 1.86. The lowest BCUT2D eigenvalue weighted by Crippen LogP contribution is -1.91. The van der Waals surface area contributed by atoms with Gasteiger partial charge in [0.05, 0.1) is 6.67 Å². The van der Waals surface area contributed by atoms with E-state index in [4.69, 9.17) is 5.11 Å². The van der Waals surface area contributed by atoms with Crippen LogP contribution >= 0.6 is 0 Å². The molecule has 0 aliphatic rings. The standard InChI is InChI=1S/C22H31FO2/c23-21-19-17-15-13-11-9-7-5-3-1-2-4-6-8-10-12-14-16-18-20-22(24)25/h2-5,8-11,14-17H,1,6-7,12-13,18-21H2,(H,24,25)/b4-2-,5-3-,10-8-,11-9-,16-14-,17-15-. The van der Waals surface area contributed by atoms with Crippen LogP contribution in [0.15, 0.2) is 72.9 Å². The van der Waals surface area contributed by atoms with Gasteiger partial charge in [0.25, 0.3) is 0 Å². The second-order valence-electron chi connectivity index (χ2n) is 5.42. The number of hydrogen-bond donors (Lipinski definition) is 1. The summed E-state index contributed by atoms with van der Waals surface area (Å²) in [7, 11) is 0. The van der Waals surface area contributed by atoms with Crippen LogP contribution in [0.1, 0.15) is 51.4 Å². The van der Waals surface area contributed by atoms with Crippen LogP contribution in [-0.4, -0.2) is 17.8 Å². The number of rotatable bonds is 15. The summed E-state index contributed by atoms with van der Waals surface area (Å²) in [6.07, 6.45) is 30.6. The monoisotopic (exact) mass is 346 g/mol. The molecule has 1 N–H and O–H groups in total. The SMILES string of the molecule is O=C(O)CC/C=C\C/C=C\C/C=C\C/C=C\C/C=C\C/C=C\CCF. The maximum absolute atomic E-state index is 11.8. The fourth-order valence-corrected chi connectivity index (χ4v) is 1.86. The van der Waals surface area contributed by atoms with Gasteiger partial charge in [-0.25, -0.2) is 0 Å². The summed E-state index contributed by atoms with van der Waals surface area (Å²) in [6.45, 7) is -0.280. The molecule has 25 heavy (non-hydrogen) atoms. The Labute approximate surface area is 151 Å². The van der Waals surface area contributed by atoms with Gasteiger partial charge in [0, 0.05) is 6.42 Å². The van der Waals surface area contributed by atoms with Crippen LogP contribution in [-0.2, 0) is 4.79 Å². The van der Waals surface area contributed by atoms with Gasteiger partial charge in [0.2, 0.25) is 0 Å². The molecule has 0 amide bonds. The topological polar surface area (TPSA) is 37.3 Å². The van der Waals surface area contributed by atoms with Gasteiger partial charge in [0.1, 0.15) is 0 Å². The Morgan fingerprint density at radius 3 is 1.24 bits per heavy atom. The number of carboxylic acid groups (broad SMARTS) is 1. The predicted molar refractivity (Wildman–Crippen MR) is 105 cm³/mol. The summed E-state index contributed by atoms with van der Waals surface area (Å²) in [5.41, 5.74) is 0. The van der Waals surface area contributed by atoms with Crippen molar-refractivity contribution < 1.29 is 14.3 Å². The van der Waals surface area contributed by atoms with E-state index in [0.29, 0.717) is 12.8 Å². The Morgan fingerprint density at radius 1 is 0.600 bits per heavy atom. The average molecular weight is 346 g/mol. The molecule has 0 aliphatic carbocycles. The lowest BCUT2D eigenvalue weighted by atomic mass is 10.2. The molecule has 0 aliphatic heterocycles. The van der Waals surface area contributed by atoms with Crippen molar-refractivity contribution in [2.24, 2.45) is 0 Å². The van der Waals surface area contributed by atoms with Crippen molar-refractivity contribution in [3.8, 4) is 0 Å². The minimum atomic E-state index is -0.752. The van der Waals surface area contributed by atoms with E-state index in [1.165, 1.54) is 0 Å². The number of alkyl halides is 1.